The minimum atomic E-state index is -0.460. The molecule has 2 aromatic rings. The van der Waals surface area contributed by atoms with Crippen LogP contribution in [0.2, 0.25) is 0 Å². The Balaban J connectivity index is 1.95. The van der Waals surface area contributed by atoms with Crippen molar-refractivity contribution >= 4 is 11.6 Å². The van der Waals surface area contributed by atoms with E-state index in [1.165, 1.54) is 17.1 Å². The number of benzene rings is 1. The van der Waals surface area contributed by atoms with Crippen molar-refractivity contribution < 1.29 is 14.4 Å². The first kappa shape index (κ1) is 23.1. The SMILES string of the molecule is CCNC(=NCc1ccc(C)cc1OCCOCC)NCCn1cc([N+](=O)[O-])cn1. The fraction of sp³-hybridized carbons (Fsp3) is 0.500. The van der Waals surface area contributed by atoms with Crippen molar-refractivity contribution in [2.75, 3.05) is 32.9 Å². The van der Waals surface area contributed by atoms with Crippen LogP contribution in [0, 0.1) is 17.0 Å². The summed E-state index contributed by atoms with van der Waals surface area (Å²) in [5.74, 6) is 1.46. The molecule has 2 N–H and O–H groups in total. The van der Waals surface area contributed by atoms with Crippen molar-refractivity contribution in [3.8, 4) is 5.75 Å². The lowest BCUT2D eigenvalue weighted by molar-refractivity contribution is -0.385. The highest BCUT2D eigenvalue weighted by Gasteiger charge is 2.09. The Labute approximate surface area is 176 Å². The Morgan fingerprint density at radius 1 is 1.30 bits per heavy atom. The average molecular weight is 418 g/mol. The summed E-state index contributed by atoms with van der Waals surface area (Å²) in [6.45, 7) is 9.83. The normalized spacial score (nSPS) is 11.4. The largest absolute Gasteiger partial charge is 0.491 e. The molecule has 0 unspecified atom stereocenters. The third kappa shape index (κ3) is 7.70. The lowest BCUT2D eigenvalue weighted by Crippen LogP contribution is -2.38. The van der Waals surface area contributed by atoms with Gasteiger partial charge in [-0.2, -0.15) is 5.10 Å². The van der Waals surface area contributed by atoms with Crippen molar-refractivity contribution in [2.24, 2.45) is 4.99 Å². The van der Waals surface area contributed by atoms with E-state index in [4.69, 9.17) is 9.47 Å². The van der Waals surface area contributed by atoms with Gasteiger partial charge in [-0.15, -0.1) is 0 Å². The molecule has 0 amide bonds. The highest BCUT2D eigenvalue weighted by Crippen LogP contribution is 2.21. The summed E-state index contributed by atoms with van der Waals surface area (Å²) in [7, 11) is 0. The van der Waals surface area contributed by atoms with Gasteiger partial charge in [0.25, 0.3) is 0 Å². The second-order valence-corrected chi connectivity index (χ2v) is 6.50. The van der Waals surface area contributed by atoms with Gasteiger partial charge in [0.05, 0.1) is 24.6 Å². The van der Waals surface area contributed by atoms with Crippen molar-refractivity contribution in [2.45, 2.75) is 33.9 Å². The molecule has 2 rings (SSSR count). The summed E-state index contributed by atoms with van der Waals surface area (Å²) in [6, 6.07) is 6.05. The molecular formula is C20H30N6O4. The lowest BCUT2D eigenvalue weighted by Gasteiger charge is -2.14. The third-order valence-electron chi connectivity index (χ3n) is 4.13. The number of hydrogen-bond donors (Lipinski definition) is 2. The summed E-state index contributed by atoms with van der Waals surface area (Å²) in [4.78, 5) is 14.9. The lowest BCUT2D eigenvalue weighted by atomic mass is 10.1. The van der Waals surface area contributed by atoms with Crippen molar-refractivity contribution in [3.63, 3.8) is 0 Å². The van der Waals surface area contributed by atoms with Crippen LogP contribution in [0.15, 0.2) is 35.6 Å². The van der Waals surface area contributed by atoms with Crippen LogP contribution in [-0.2, 0) is 17.8 Å². The van der Waals surface area contributed by atoms with E-state index in [0.717, 1.165) is 16.9 Å². The number of aliphatic imine (C=N–C) groups is 1. The Morgan fingerprint density at radius 3 is 2.83 bits per heavy atom. The molecule has 0 saturated heterocycles. The maximum Gasteiger partial charge on any atom is 0.306 e. The molecule has 0 aliphatic heterocycles. The van der Waals surface area contributed by atoms with Gasteiger partial charge in [0, 0.05) is 25.3 Å². The number of hydrogen-bond acceptors (Lipinski definition) is 6. The van der Waals surface area contributed by atoms with Crippen LogP contribution in [0.4, 0.5) is 5.69 Å². The Morgan fingerprint density at radius 2 is 2.13 bits per heavy atom. The first-order chi connectivity index (χ1) is 14.5. The van der Waals surface area contributed by atoms with E-state index in [2.05, 4.69) is 20.7 Å². The number of nitrogens with zero attached hydrogens (tertiary/aromatic N) is 4. The van der Waals surface area contributed by atoms with Crippen LogP contribution >= 0.6 is 0 Å². The number of nitro groups is 1. The van der Waals surface area contributed by atoms with Crippen LogP contribution in [0.5, 0.6) is 5.75 Å². The molecule has 0 aliphatic carbocycles. The third-order valence-corrected chi connectivity index (χ3v) is 4.13. The van der Waals surface area contributed by atoms with Crippen LogP contribution in [0.25, 0.3) is 0 Å². The zero-order valence-electron chi connectivity index (χ0n) is 17.8. The van der Waals surface area contributed by atoms with E-state index in [-0.39, 0.29) is 5.69 Å². The van der Waals surface area contributed by atoms with Crippen LogP contribution < -0.4 is 15.4 Å². The van der Waals surface area contributed by atoms with Crippen LogP contribution in [0.3, 0.4) is 0 Å². The van der Waals surface area contributed by atoms with E-state index < -0.39 is 4.92 Å². The Bertz CT molecular complexity index is 836. The molecule has 0 bridgehead atoms. The number of ether oxygens (including phenoxy) is 2. The van der Waals surface area contributed by atoms with E-state index in [9.17, 15) is 10.1 Å². The van der Waals surface area contributed by atoms with Gasteiger partial charge in [0.2, 0.25) is 0 Å². The molecule has 1 aromatic heterocycles. The van der Waals surface area contributed by atoms with Gasteiger partial charge in [-0.05, 0) is 32.4 Å². The number of aromatic nitrogens is 2. The molecule has 10 nitrogen and oxygen atoms in total. The second kappa shape index (κ2) is 12.4. The first-order valence-electron chi connectivity index (χ1n) is 10.0. The monoisotopic (exact) mass is 418 g/mol. The number of nitrogens with one attached hydrogen (secondary N) is 2. The molecule has 10 heteroatoms. The maximum absolute atomic E-state index is 10.7. The molecule has 0 saturated carbocycles. The van der Waals surface area contributed by atoms with Gasteiger partial charge in [-0.25, -0.2) is 4.99 Å². The smallest absolute Gasteiger partial charge is 0.306 e. The predicted octanol–water partition coefficient (Wildman–Crippen LogP) is 2.27. The molecule has 0 spiro atoms. The predicted molar refractivity (Wildman–Crippen MR) is 115 cm³/mol. The number of rotatable bonds is 12. The molecule has 0 aliphatic rings. The zero-order valence-corrected chi connectivity index (χ0v) is 17.8. The first-order valence-corrected chi connectivity index (χ1v) is 10.0. The average Bonchev–Trinajstić information content (AvgIpc) is 3.20. The highest BCUT2D eigenvalue weighted by atomic mass is 16.6. The summed E-state index contributed by atoms with van der Waals surface area (Å²) in [5, 5.41) is 21.1. The fourth-order valence-corrected chi connectivity index (χ4v) is 2.65. The van der Waals surface area contributed by atoms with Crippen molar-refractivity contribution in [1.29, 1.82) is 0 Å². The van der Waals surface area contributed by atoms with Crippen LogP contribution in [-0.4, -0.2) is 53.6 Å². The summed E-state index contributed by atoms with van der Waals surface area (Å²) >= 11 is 0. The molecule has 1 aromatic carbocycles. The molecule has 164 valence electrons. The zero-order chi connectivity index (χ0) is 21.8. The van der Waals surface area contributed by atoms with Gasteiger partial charge in [-0.1, -0.05) is 12.1 Å². The summed E-state index contributed by atoms with van der Waals surface area (Å²) in [5.41, 5.74) is 2.08. The molecule has 0 radical (unpaired) electrons. The topological polar surface area (TPSA) is 116 Å². The summed E-state index contributed by atoms with van der Waals surface area (Å²) < 4.78 is 12.7. The molecule has 1 heterocycles. The maximum atomic E-state index is 10.7. The molecule has 0 fully saturated rings. The number of guanidine groups is 1. The van der Waals surface area contributed by atoms with E-state index in [1.807, 2.05) is 39.0 Å². The van der Waals surface area contributed by atoms with Gasteiger partial charge in [-0.3, -0.25) is 14.8 Å². The summed E-state index contributed by atoms with van der Waals surface area (Å²) in [6.07, 6.45) is 2.65. The standard InChI is InChI=1S/C20H30N6O4/c1-4-21-20(22-8-9-25-15-18(14-24-25)26(27)28)23-13-17-7-6-16(3)12-19(17)30-11-10-29-5-2/h6-7,12,14-15H,4-5,8-11,13H2,1-3H3,(H2,21,22,23). The minimum Gasteiger partial charge on any atom is -0.491 e. The van der Waals surface area contributed by atoms with E-state index in [0.29, 0.717) is 52.0 Å². The quantitative estimate of drug-likeness (QED) is 0.179. The van der Waals surface area contributed by atoms with Crippen molar-refractivity contribution in [1.82, 2.24) is 20.4 Å². The van der Waals surface area contributed by atoms with Gasteiger partial charge >= 0.3 is 5.69 Å². The van der Waals surface area contributed by atoms with E-state index in [1.54, 1.807) is 0 Å². The highest BCUT2D eigenvalue weighted by molar-refractivity contribution is 5.79. The Hall–Kier alpha value is -3.14. The number of aryl methyl sites for hydroxylation is 1. The van der Waals surface area contributed by atoms with E-state index >= 15 is 0 Å². The van der Waals surface area contributed by atoms with Gasteiger partial charge in [0.15, 0.2) is 5.96 Å². The molecule has 30 heavy (non-hydrogen) atoms. The van der Waals surface area contributed by atoms with Gasteiger partial charge < -0.3 is 20.1 Å². The molecule has 0 atom stereocenters. The second-order valence-electron chi connectivity index (χ2n) is 6.50. The fourth-order valence-electron chi connectivity index (χ4n) is 2.65. The van der Waals surface area contributed by atoms with Crippen molar-refractivity contribution in [3.05, 3.63) is 51.8 Å². The minimum absolute atomic E-state index is 0.0215. The Kier molecular flexibility index (Phi) is 9.59. The van der Waals surface area contributed by atoms with Gasteiger partial charge in [0.1, 0.15) is 24.8 Å². The molecular weight excluding hydrogens is 388 g/mol. The van der Waals surface area contributed by atoms with Crippen LogP contribution in [0.1, 0.15) is 25.0 Å².